The van der Waals surface area contributed by atoms with Gasteiger partial charge in [0.15, 0.2) is 0 Å². The molecule has 0 spiro atoms. The molecule has 5 amide bonds. The number of carbonyl (C=O) groups is 5. The van der Waals surface area contributed by atoms with Crippen LogP contribution in [0.5, 0.6) is 0 Å². The fraction of sp³-hybridized carbons (Fsp3) is 0.656. The van der Waals surface area contributed by atoms with Gasteiger partial charge in [0.2, 0.25) is 24.1 Å². The summed E-state index contributed by atoms with van der Waals surface area (Å²) in [5.41, 5.74) is 6.81. The maximum absolute atomic E-state index is 12.9. The molecule has 1 aromatic carbocycles. The van der Waals surface area contributed by atoms with Crippen molar-refractivity contribution in [2.45, 2.75) is 78.0 Å². The topological polar surface area (TPSA) is 179 Å². The van der Waals surface area contributed by atoms with E-state index >= 15 is 0 Å². The lowest BCUT2D eigenvalue weighted by Gasteiger charge is -2.31. The molecule has 2 rings (SSSR count). The lowest BCUT2D eigenvalue weighted by Crippen LogP contribution is -2.51. The van der Waals surface area contributed by atoms with Gasteiger partial charge in [0, 0.05) is 44.7 Å². The van der Waals surface area contributed by atoms with Gasteiger partial charge in [-0.3, -0.25) is 24.5 Å². The van der Waals surface area contributed by atoms with Crippen LogP contribution in [-0.2, 0) is 44.7 Å². The van der Waals surface area contributed by atoms with E-state index in [4.69, 9.17) is 24.7 Å². The maximum Gasteiger partial charge on any atom is 0.410 e. The Bertz CT molecular complexity index is 1140. The summed E-state index contributed by atoms with van der Waals surface area (Å²) in [5, 5.41) is 5.20. The van der Waals surface area contributed by atoms with E-state index in [1.165, 1.54) is 4.90 Å². The minimum atomic E-state index is -0.767. The zero-order chi connectivity index (χ0) is 34.0. The van der Waals surface area contributed by atoms with Crippen LogP contribution in [0.15, 0.2) is 18.2 Å². The number of benzene rings is 1. The van der Waals surface area contributed by atoms with Crippen LogP contribution in [-0.4, -0.2) is 111 Å². The molecule has 14 heteroatoms. The average molecular weight is 650 g/mol. The van der Waals surface area contributed by atoms with Crippen LogP contribution in [0.2, 0.25) is 0 Å². The maximum atomic E-state index is 12.9. The van der Waals surface area contributed by atoms with E-state index < -0.39 is 23.6 Å². The van der Waals surface area contributed by atoms with Crippen LogP contribution >= 0.6 is 0 Å². The molecule has 0 bridgehead atoms. The summed E-state index contributed by atoms with van der Waals surface area (Å²) in [6.07, 6.45) is 1.82. The summed E-state index contributed by atoms with van der Waals surface area (Å²) in [6, 6.07) is 4.65. The Morgan fingerprint density at radius 1 is 1.02 bits per heavy atom. The Hall–Kier alpha value is -3.59. The molecule has 1 heterocycles. The number of ether oxygens (including phenoxy) is 4. The van der Waals surface area contributed by atoms with Crippen LogP contribution in [0, 0.1) is 6.92 Å². The molecule has 0 radical (unpaired) electrons. The number of unbranched alkanes of at least 4 members (excludes halogenated alkanes) is 1. The highest BCUT2D eigenvalue weighted by Gasteiger charge is 2.31. The van der Waals surface area contributed by atoms with Crippen LogP contribution in [0.25, 0.3) is 0 Å². The summed E-state index contributed by atoms with van der Waals surface area (Å²) in [5.74, 6) is -1.09. The van der Waals surface area contributed by atoms with E-state index in [1.54, 1.807) is 37.8 Å². The van der Waals surface area contributed by atoms with E-state index in [0.29, 0.717) is 89.8 Å². The average Bonchev–Trinajstić information content (AvgIpc) is 2.98. The number of nitrogens with one attached hydrogen (secondary N) is 2. The molecule has 1 unspecified atom stereocenters. The van der Waals surface area contributed by atoms with Gasteiger partial charge in [0.05, 0.1) is 39.6 Å². The van der Waals surface area contributed by atoms with Crippen molar-refractivity contribution >= 4 is 35.9 Å². The Balaban J connectivity index is 1.85. The van der Waals surface area contributed by atoms with Gasteiger partial charge in [-0.2, -0.15) is 0 Å². The Morgan fingerprint density at radius 3 is 2.33 bits per heavy atom. The van der Waals surface area contributed by atoms with Gasteiger partial charge in [0.1, 0.15) is 11.6 Å². The lowest BCUT2D eigenvalue weighted by atomic mass is 10.0. The number of imide groups is 1. The molecular weight excluding hydrogens is 598 g/mol. The van der Waals surface area contributed by atoms with E-state index in [9.17, 15) is 24.0 Å². The fourth-order valence-electron chi connectivity index (χ4n) is 4.65. The molecule has 1 aromatic rings. The zero-order valence-electron chi connectivity index (χ0n) is 27.6. The van der Waals surface area contributed by atoms with Crippen LogP contribution < -0.4 is 16.4 Å². The molecule has 0 saturated carbocycles. The second-order valence-electron chi connectivity index (χ2n) is 11.9. The Morgan fingerprint density at radius 2 is 1.70 bits per heavy atom. The van der Waals surface area contributed by atoms with Crippen LogP contribution in [0.1, 0.15) is 64.0 Å². The summed E-state index contributed by atoms with van der Waals surface area (Å²) in [6.45, 7) is 11.0. The van der Waals surface area contributed by atoms with E-state index in [-0.39, 0.29) is 37.6 Å². The number of carbonyl (C=O) groups excluding carboxylic acids is 5. The number of hydrogen-bond donors (Lipinski definition) is 3. The standard InChI is InChI=1S/C32H51N5O9/c1-24-8-7-9-26(25(24)22-37(23-38)27-11-12-29(40)35-30(27)41)34-28(39)10-5-6-14-36(31(42)46-32(2,3)4)15-17-44-19-21-45-20-18-43-16-13-33/h7-9,23,27H,5-6,10-22,33H2,1-4H3,(H,34,39)(H,35,40,41). The molecule has 1 fully saturated rings. The van der Waals surface area contributed by atoms with Crippen molar-refractivity contribution in [2.75, 3.05) is 64.6 Å². The molecule has 1 atom stereocenters. The third-order valence-electron chi connectivity index (χ3n) is 7.02. The molecule has 0 aliphatic carbocycles. The van der Waals surface area contributed by atoms with Gasteiger partial charge in [-0.15, -0.1) is 0 Å². The highest BCUT2D eigenvalue weighted by molar-refractivity contribution is 6.01. The zero-order valence-corrected chi connectivity index (χ0v) is 27.6. The minimum Gasteiger partial charge on any atom is -0.444 e. The summed E-state index contributed by atoms with van der Waals surface area (Å²) in [4.78, 5) is 64.4. The normalized spacial score (nSPS) is 14.8. The number of hydrogen-bond acceptors (Lipinski definition) is 10. The quantitative estimate of drug-likeness (QED) is 0.101. The molecule has 0 aromatic heterocycles. The van der Waals surface area contributed by atoms with E-state index in [2.05, 4.69) is 10.6 Å². The molecule has 46 heavy (non-hydrogen) atoms. The lowest BCUT2D eigenvalue weighted by molar-refractivity contribution is -0.141. The van der Waals surface area contributed by atoms with Gasteiger partial charge < -0.3 is 39.8 Å². The largest absolute Gasteiger partial charge is 0.444 e. The van der Waals surface area contributed by atoms with Gasteiger partial charge in [-0.25, -0.2) is 4.79 Å². The second kappa shape index (κ2) is 20.5. The van der Waals surface area contributed by atoms with Crippen molar-refractivity contribution in [2.24, 2.45) is 5.73 Å². The van der Waals surface area contributed by atoms with Crippen molar-refractivity contribution in [3.05, 3.63) is 29.3 Å². The number of anilines is 1. The predicted molar refractivity (Wildman–Crippen MR) is 171 cm³/mol. The summed E-state index contributed by atoms with van der Waals surface area (Å²) >= 11 is 0. The Labute approximate surface area is 271 Å². The molecular formula is C32H51N5O9. The number of rotatable bonds is 21. The number of piperidine rings is 1. The highest BCUT2D eigenvalue weighted by atomic mass is 16.6. The van der Waals surface area contributed by atoms with Crippen LogP contribution in [0.4, 0.5) is 10.5 Å². The van der Waals surface area contributed by atoms with Gasteiger partial charge in [0.25, 0.3) is 0 Å². The number of nitrogens with two attached hydrogens (primary N) is 1. The number of aryl methyl sites for hydroxylation is 1. The first-order valence-corrected chi connectivity index (χ1v) is 15.8. The monoisotopic (exact) mass is 649 g/mol. The first-order valence-electron chi connectivity index (χ1n) is 15.8. The summed E-state index contributed by atoms with van der Waals surface area (Å²) < 4.78 is 21.9. The third-order valence-corrected chi connectivity index (χ3v) is 7.02. The summed E-state index contributed by atoms with van der Waals surface area (Å²) in [7, 11) is 0. The molecule has 258 valence electrons. The molecule has 1 aliphatic rings. The third kappa shape index (κ3) is 14.7. The van der Waals surface area contributed by atoms with Crippen molar-refractivity contribution in [3.63, 3.8) is 0 Å². The number of amides is 5. The molecule has 1 aliphatic heterocycles. The molecule has 4 N–H and O–H groups in total. The van der Waals surface area contributed by atoms with Crippen LogP contribution in [0.3, 0.4) is 0 Å². The minimum absolute atomic E-state index is 0.0975. The molecule has 14 nitrogen and oxygen atoms in total. The van der Waals surface area contributed by atoms with Gasteiger partial charge in [-0.05, 0) is 64.2 Å². The predicted octanol–water partition coefficient (Wildman–Crippen LogP) is 2.11. The first-order chi connectivity index (χ1) is 21.9. The fourth-order valence-corrected chi connectivity index (χ4v) is 4.65. The smallest absolute Gasteiger partial charge is 0.410 e. The first kappa shape index (κ1) is 38.6. The van der Waals surface area contributed by atoms with Crippen molar-refractivity contribution in [3.8, 4) is 0 Å². The second-order valence-corrected chi connectivity index (χ2v) is 11.9. The number of nitrogens with zero attached hydrogens (tertiary/aromatic N) is 2. The van der Waals surface area contributed by atoms with Gasteiger partial charge in [-0.1, -0.05) is 12.1 Å². The van der Waals surface area contributed by atoms with E-state index in [1.807, 2.05) is 13.0 Å². The SMILES string of the molecule is Cc1cccc(NC(=O)CCCCN(CCOCCOCCOCCN)C(=O)OC(C)(C)C)c1CN(C=O)C1CCC(=O)NC1=O. The van der Waals surface area contributed by atoms with Crippen molar-refractivity contribution in [1.82, 2.24) is 15.1 Å². The van der Waals surface area contributed by atoms with Gasteiger partial charge >= 0.3 is 6.09 Å². The highest BCUT2D eigenvalue weighted by Crippen LogP contribution is 2.24. The van der Waals surface area contributed by atoms with Crippen molar-refractivity contribution < 1.29 is 42.9 Å². The van der Waals surface area contributed by atoms with Crippen molar-refractivity contribution in [1.29, 1.82) is 0 Å². The Kier molecular flexibility index (Phi) is 17.2. The van der Waals surface area contributed by atoms with E-state index in [0.717, 1.165) is 5.56 Å². The molecule has 1 saturated heterocycles.